The van der Waals surface area contributed by atoms with Gasteiger partial charge in [-0.15, -0.1) is 12.4 Å². The molecule has 8 nitrogen and oxygen atoms in total. The van der Waals surface area contributed by atoms with E-state index in [1.165, 1.54) is 38.4 Å². The molecule has 1 spiro atoms. The first-order valence-corrected chi connectivity index (χ1v) is 18.3. The molecule has 1 fully saturated rings. The molecule has 0 aromatic heterocycles. The molecular weight excluding hydrogens is 771 g/mol. The molecule has 5 rings (SSSR count). The van der Waals surface area contributed by atoms with Gasteiger partial charge in [-0.05, 0) is 73.3 Å². The molecule has 51 heavy (non-hydrogen) atoms. The number of amides is 3. The topological polar surface area (TPSA) is 90.0 Å². The molecular formula is C35H37Cl4F3N4O4S. The lowest BCUT2D eigenvalue weighted by atomic mass is 9.82. The van der Waals surface area contributed by atoms with E-state index < -0.39 is 57.9 Å². The molecule has 0 aliphatic carbocycles. The number of nitrogens with zero attached hydrogens (tertiary/aromatic N) is 3. The van der Waals surface area contributed by atoms with Gasteiger partial charge >= 0.3 is 18.0 Å². The Hall–Kier alpha value is -2.87. The van der Waals surface area contributed by atoms with Gasteiger partial charge in [0.05, 0.1) is 31.0 Å². The molecule has 16 heteroatoms. The van der Waals surface area contributed by atoms with Crippen molar-refractivity contribution in [3.8, 4) is 0 Å². The van der Waals surface area contributed by atoms with E-state index in [0.717, 1.165) is 20.9 Å². The normalized spacial score (nSPS) is 17.9. The largest absolute Gasteiger partial charge is 0.397 e. The highest BCUT2D eigenvalue weighted by Gasteiger charge is 2.48. The monoisotopic (exact) mass is 806 g/mol. The number of alkyl halides is 3. The summed E-state index contributed by atoms with van der Waals surface area (Å²) >= 11 is 18.9. The predicted molar refractivity (Wildman–Crippen MR) is 197 cm³/mol. The summed E-state index contributed by atoms with van der Waals surface area (Å²) in [6.07, 6.45) is -5.15. The van der Waals surface area contributed by atoms with Crippen molar-refractivity contribution < 1.29 is 31.8 Å². The second-order valence-corrected chi connectivity index (χ2v) is 15.7. The van der Waals surface area contributed by atoms with Crippen molar-refractivity contribution in [3.63, 3.8) is 0 Å². The quantitative estimate of drug-likeness (QED) is 0.228. The maximum absolute atomic E-state index is 14.0. The number of hydrogen-bond acceptors (Lipinski definition) is 5. The van der Waals surface area contributed by atoms with Crippen LogP contribution in [0.15, 0.2) is 66.7 Å². The minimum atomic E-state index is -4.77. The van der Waals surface area contributed by atoms with Crippen molar-refractivity contribution in [1.29, 1.82) is 0 Å². The first-order valence-electron chi connectivity index (χ1n) is 15.9. The van der Waals surface area contributed by atoms with Gasteiger partial charge in [0.1, 0.15) is 6.42 Å². The summed E-state index contributed by atoms with van der Waals surface area (Å²) in [6, 6.07) is 18.8. The van der Waals surface area contributed by atoms with Gasteiger partial charge in [-0.3, -0.25) is 18.6 Å². The van der Waals surface area contributed by atoms with E-state index in [9.17, 15) is 31.8 Å². The fourth-order valence-electron chi connectivity index (χ4n) is 6.91. The number of likely N-dealkylation sites (tertiary alicyclic amines) is 1. The molecule has 1 saturated heterocycles. The van der Waals surface area contributed by atoms with Gasteiger partial charge in [0.25, 0.3) is 0 Å². The third-order valence-corrected chi connectivity index (χ3v) is 12.9. The molecule has 2 atom stereocenters. The molecule has 2 aliphatic rings. The Morgan fingerprint density at radius 2 is 1.57 bits per heavy atom. The zero-order valence-electron chi connectivity index (χ0n) is 27.8. The number of hydrogen-bond donors (Lipinski definition) is 1. The highest BCUT2D eigenvalue weighted by molar-refractivity contribution is 7.85. The number of anilines is 1. The average molecular weight is 809 g/mol. The number of nitrogens with one attached hydrogen (secondary N) is 1. The fourth-order valence-corrected chi connectivity index (χ4v) is 9.28. The Morgan fingerprint density at radius 1 is 0.922 bits per heavy atom. The van der Waals surface area contributed by atoms with Crippen LogP contribution < -0.4 is 5.32 Å². The van der Waals surface area contributed by atoms with Crippen LogP contribution >= 0.6 is 47.2 Å². The molecule has 2 unspecified atom stereocenters. The minimum absolute atomic E-state index is 0. The molecule has 0 bridgehead atoms. The number of fused-ring (bicyclic) bond motifs is 2. The molecule has 3 aromatic rings. The number of benzene rings is 3. The van der Waals surface area contributed by atoms with E-state index in [1.807, 2.05) is 24.3 Å². The third-order valence-electron chi connectivity index (χ3n) is 9.73. The number of piperidine rings is 1. The fraction of sp³-hybridized carbons (Fsp3) is 0.400. The maximum Gasteiger partial charge on any atom is 0.397 e. The van der Waals surface area contributed by atoms with Crippen molar-refractivity contribution in [2.45, 2.75) is 47.9 Å². The van der Waals surface area contributed by atoms with E-state index in [-0.39, 0.29) is 39.6 Å². The average Bonchev–Trinajstić information content (AvgIpc) is 3.34. The third kappa shape index (κ3) is 8.85. The Balaban J connectivity index is 0.00000583. The van der Waals surface area contributed by atoms with Crippen LogP contribution in [-0.4, -0.2) is 83.1 Å². The number of likely N-dealkylation sites (N-methyl/N-ethyl adjacent to an activating group) is 2. The van der Waals surface area contributed by atoms with Crippen LogP contribution in [0.25, 0.3) is 0 Å². The number of halogens is 7. The predicted octanol–water partition coefficient (Wildman–Crippen LogP) is 7.42. The first kappa shape index (κ1) is 40.9. The number of para-hydroxylation sites is 1. The van der Waals surface area contributed by atoms with Crippen molar-refractivity contribution >= 4 is 81.4 Å². The van der Waals surface area contributed by atoms with Crippen LogP contribution in [0.3, 0.4) is 0 Å². The SMILES string of the molecule is CN(CC(CCN1CCC2(CC1)c1ccccc1CS2=O)(c1ccc(Cl)c(Cl)c1)N(C)C(=O)C(=O)Nc1ccccc1Cl)C(=O)CC(F)(F)F.Cl. The summed E-state index contributed by atoms with van der Waals surface area (Å²) in [6.45, 7) is 1.03. The summed E-state index contributed by atoms with van der Waals surface area (Å²) in [4.78, 5) is 44.5. The van der Waals surface area contributed by atoms with E-state index in [0.29, 0.717) is 43.8 Å². The molecule has 3 aromatic carbocycles. The number of carbonyl (C=O) groups excluding carboxylic acids is 3. The molecule has 0 radical (unpaired) electrons. The van der Waals surface area contributed by atoms with Crippen LogP contribution in [0.1, 0.15) is 42.4 Å². The highest BCUT2D eigenvalue weighted by atomic mass is 35.5. The van der Waals surface area contributed by atoms with Crippen molar-refractivity contribution in [2.75, 3.05) is 45.6 Å². The summed E-state index contributed by atoms with van der Waals surface area (Å²) in [7, 11) is 1.50. The van der Waals surface area contributed by atoms with E-state index in [1.54, 1.807) is 18.2 Å². The standard InChI is InChI=1S/C35H36Cl3F3N4O4S.ClH/c1-43(30(46)20-35(39,40)41)22-33(24-11-12-26(36)28(38)19-24,44(2)32(48)31(47)42-29-10-6-5-9-27(29)37)13-16-45-17-14-34(15-18-45)25-8-4-3-7-23(25)21-50(34)49;/h3-12,19H,13-18,20-22H2,1-2H3,(H,42,47);1H. The van der Waals surface area contributed by atoms with Gasteiger partial charge in [0.2, 0.25) is 5.91 Å². The van der Waals surface area contributed by atoms with Crippen LogP contribution in [0.2, 0.25) is 15.1 Å². The van der Waals surface area contributed by atoms with Crippen molar-refractivity contribution in [1.82, 2.24) is 14.7 Å². The summed E-state index contributed by atoms with van der Waals surface area (Å²) < 4.78 is 53.0. The van der Waals surface area contributed by atoms with Crippen LogP contribution in [0.5, 0.6) is 0 Å². The van der Waals surface area contributed by atoms with E-state index in [4.69, 9.17) is 34.8 Å². The first-order chi connectivity index (χ1) is 23.6. The van der Waals surface area contributed by atoms with Crippen molar-refractivity contribution in [3.05, 3.63) is 98.5 Å². The lowest BCUT2D eigenvalue weighted by Gasteiger charge is -2.46. The van der Waals surface area contributed by atoms with Crippen molar-refractivity contribution in [2.24, 2.45) is 0 Å². The molecule has 0 saturated carbocycles. The van der Waals surface area contributed by atoms with Gasteiger partial charge in [-0.2, -0.15) is 13.2 Å². The second-order valence-electron chi connectivity index (χ2n) is 12.7. The van der Waals surface area contributed by atoms with Gasteiger partial charge in [-0.1, -0.05) is 77.3 Å². The van der Waals surface area contributed by atoms with Gasteiger partial charge < -0.3 is 20.0 Å². The summed E-state index contributed by atoms with van der Waals surface area (Å²) in [5.74, 6) is -2.79. The Bertz CT molecular complexity index is 1810. The number of carbonyl (C=O) groups is 3. The molecule has 1 N–H and O–H groups in total. The van der Waals surface area contributed by atoms with Crippen LogP contribution in [0.4, 0.5) is 18.9 Å². The lowest BCUT2D eigenvalue weighted by molar-refractivity contribution is -0.163. The molecule has 3 amide bonds. The molecule has 2 heterocycles. The zero-order valence-corrected chi connectivity index (χ0v) is 31.7. The Morgan fingerprint density at radius 3 is 2.22 bits per heavy atom. The maximum atomic E-state index is 14.0. The summed E-state index contributed by atoms with van der Waals surface area (Å²) in [5, 5.41) is 3.01. The van der Waals surface area contributed by atoms with E-state index >= 15 is 0 Å². The van der Waals surface area contributed by atoms with Gasteiger partial charge in [0, 0.05) is 43.7 Å². The second kappa shape index (κ2) is 16.4. The minimum Gasteiger partial charge on any atom is -0.343 e. The van der Waals surface area contributed by atoms with Gasteiger partial charge in [-0.25, -0.2) is 0 Å². The number of rotatable bonds is 9. The van der Waals surface area contributed by atoms with Gasteiger partial charge in [0.15, 0.2) is 0 Å². The zero-order chi connectivity index (χ0) is 36.4. The highest BCUT2D eigenvalue weighted by Crippen LogP contribution is 2.47. The summed E-state index contributed by atoms with van der Waals surface area (Å²) in [5.41, 5.74) is 1.17. The van der Waals surface area contributed by atoms with Crippen LogP contribution in [0, 0.1) is 0 Å². The lowest BCUT2D eigenvalue weighted by Crippen LogP contribution is -2.58. The van der Waals surface area contributed by atoms with Crippen LogP contribution in [-0.2, 0) is 41.2 Å². The molecule has 2 aliphatic heterocycles. The Labute approximate surface area is 318 Å². The Kier molecular flexibility index (Phi) is 13.2. The smallest absolute Gasteiger partial charge is 0.343 e. The van der Waals surface area contributed by atoms with E-state index in [2.05, 4.69) is 10.2 Å². The molecule has 276 valence electrons.